The van der Waals surface area contributed by atoms with E-state index >= 15 is 0 Å². The van der Waals surface area contributed by atoms with Gasteiger partial charge in [0, 0.05) is 0 Å². The summed E-state index contributed by atoms with van der Waals surface area (Å²) in [5.41, 5.74) is 0.490. The number of esters is 1. The molecule has 0 N–H and O–H groups in total. The van der Waals surface area contributed by atoms with E-state index in [1.54, 1.807) is 36.4 Å². The van der Waals surface area contributed by atoms with Crippen LogP contribution in [-0.4, -0.2) is 18.7 Å². The van der Waals surface area contributed by atoms with Gasteiger partial charge in [-0.2, -0.15) is 0 Å². The van der Waals surface area contributed by atoms with Gasteiger partial charge in [0.1, 0.15) is 17.2 Å². The van der Waals surface area contributed by atoms with Crippen LogP contribution in [0.15, 0.2) is 48.5 Å². The molecule has 2 aromatic carbocycles. The average molecular weight is 413 g/mol. The molecule has 0 amide bonds. The van der Waals surface area contributed by atoms with Crippen molar-refractivity contribution < 1.29 is 19.0 Å². The zero-order valence-electron chi connectivity index (χ0n) is 18.9. The molecule has 4 nitrogen and oxygen atoms in total. The Bertz CT molecular complexity index is 737. The Morgan fingerprint density at radius 1 is 0.800 bits per heavy atom. The largest absolute Gasteiger partial charge is 0.494 e. The first kappa shape index (κ1) is 23.8. The molecule has 0 saturated carbocycles. The zero-order chi connectivity index (χ0) is 21.8. The average Bonchev–Trinajstić information content (AvgIpc) is 2.77. The maximum absolute atomic E-state index is 12.3. The number of ether oxygens (including phenoxy) is 3. The van der Waals surface area contributed by atoms with Crippen LogP contribution in [-0.2, 0) is 0 Å². The first-order valence-electron chi connectivity index (χ1n) is 11.2. The minimum atomic E-state index is -0.389. The third-order valence-electron chi connectivity index (χ3n) is 5.34. The van der Waals surface area contributed by atoms with E-state index < -0.39 is 0 Å². The van der Waals surface area contributed by atoms with Crippen LogP contribution in [0.4, 0.5) is 0 Å². The summed E-state index contributed by atoms with van der Waals surface area (Å²) in [6, 6.07) is 14.2. The summed E-state index contributed by atoms with van der Waals surface area (Å²) in [6.45, 7) is 9.35. The van der Waals surface area contributed by atoms with Crippen molar-refractivity contribution in [3.8, 4) is 17.2 Å². The molecule has 0 aromatic heterocycles. The maximum Gasteiger partial charge on any atom is 0.343 e. The third-order valence-corrected chi connectivity index (χ3v) is 5.34. The molecule has 0 saturated heterocycles. The minimum Gasteiger partial charge on any atom is -0.494 e. The van der Waals surface area contributed by atoms with Gasteiger partial charge in [0.2, 0.25) is 0 Å². The molecule has 0 fully saturated rings. The molecule has 0 unspecified atom stereocenters. The van der Waals surface area contributed by atoms with E-state index in [0.717, 1.165) is 30.3 Å². The highest BCUT2D eigenvalue weighted by molar-refractivity contribution is 5.91. The van der Waals surface area contributed by atoms with Crippen LogP contribution in [0.3, 0.4) is 0 Å². The van der Waals surface area contributed by atoms with Crippen molar-refractivity contribution in [3.63, 3.8) is 0 Å². The zero-order valence-corrected chi connectivity index (χ0v) is 18.9. The first-order valence-corrected chi connectivity index (χ1v) is 11.2. The number of hydrogen-bond donors (Lipinski definition) is 0. The molecule has 0 spiro atoms. The Hall–Kier alpha value is -2.49. The Labute approximate surface area is 181 Å². The van der Waals surface area contributed by atoms with Gasteiger partial charge in [-0.3, -0.25) is 0 Å². The molecular formula is C26H36O4. The number of rotatable bonds is 13. The fraction of sp³-hybridized carbons (Fsp3) is 0.500. The van der Waals surface area contributed by atoms with Crippen LogP contribution in [0.25, 0.3) is 0 Å². The van der Waals surface area contributed by atoms with Crippen LogP contribution in [0.1, 0.15) is 76.6 Å². The van der Waals surface area contributed by atoms with E-state index in [-0.39, 0.29) is 12.1 Å². The quantitative estimate of drug-likeness (QED) is 0.200. The van der Waals surface area contributed by atoms with Crippen molar-refractivity contribution in [1.82, 2.24) is 0 Å². The summed E-state index contributed by atoms with van der Waals surface area (Å²) in [4.78, 5) is 12.3. The van der Waals surface area contributed by atoms with Crippen molar-refractivity contribution in [2.45, 2.75) is 72.3 Å². The monoisotopic (exact) mass is 412 g/mol. The summed E-state index contributed by atoms with van der Waals surface area (Å²) in [7, 11) is 0. The normalized spacial score (nSPS) is 12.8. The molecule has 2 aromatic rings. The lowest BCUT2D eigenvalue weighted by molar-refractivity contribution is 0.0734. The standard InChI is InChI=1S/C26H36O4/c1-5-20(3)10-8-7-9-19-28-23-15-17-25(18-16-23)30-26(27)22-11-13-24(14-12-22)29-21(4)6-2/h11-18,20-21H,5-10,19H2,1-4H3/t20-,21+/m0/s1. The summed E-state index contributed by atoms with van der Waals surface area (Å²) >= 11 is 0. The smallest absolute Gasteiger partial charge is 0.343 e. The maximum atomic E-state index is 12.3. The minimum absolute atomic E-state index is 0.147. The molecule has 0 radical (unpaired) electrons. The lowest BCUT2D eigenvalue weighted by atomic mass is 10.0. The van der Waals surface area contributed by atoms with E-state index in [0.29, 0.717) is 17.9 Å². The van der Waals surface area contributed by atoms with Gasteiger partial charge in [-0.1, -0.05) is 46.5 Å². The highest BCUT2D eigenvalue weighted by Gasteiger charge is 2.10. The van der Waals surface area contributed by atoms with E-state index in [1.165, 1.54) is 25.7 Å². The fourth-order valence-corrected chi connectivity index (χ4v) is 2.92. The predicted octanol–water partition coefficient (Wildman–Crippen LogP) is 7.07. The first-order chi connectivity index (χ1) is 14.5. The lowest BCUT2D eigenvalue weighted by Gasteiger charge is -2.12. The molecule has 0 bridgehead atoms. The highest BCUT2D eigenvalue weighted by Crippen LogP contribution is 2.21. The van der Waals surface area contributed by atoms with Crippen LogP contribution in [0.5, 0.6) is 17.2 Å². The molecule has 0 aliphatic carbocycles. The van der Waals surface area contributed by atoms with Gasteiger partial charge in [-0.15, -0.1) is 0 Å². The number of benzene rings is 2. The Balaban J connectivity index is 1.73. The number of carbonyl (C=O) groups excluding carboxylic acids is 1. The van der Waals surface area contributed by atoms with E-state index in [1.807, 2.05) is 19.1 Å². The van der Waals surface area contributed by atoms with E-state index in [9.17, 15) is 4.79 Å². The second-order valence-corrected chi connectivity index (χ2v) is 7.93. The predicted molar refractivity (Wildman–Crippen MR) is 122 cm³/mol. The van der Waals surface area contributed by atoms with Crippen molar-refractivity contribution in [2.75, 3.05) is 6.61 Å². The third kappa shape index (κ3) is 8.48. The molecule has 0 heterocycles. The van der Waals surface area contributed by atoms with Gasteiger partial charge in [0.15, 0.2) is 0 Å². The van der Waals surface area contributed by atoms with E-state index in [2.05, 4.69) is 20.8 Å². The van der Waals surface area contributed by atoms with Crippen molar-refractivity contribution in [1.29, 1.82) is 0 Å². The van der Waals surface area contributed by atoms with Crippen molar-refractivity contribution >= 4 is 5.97 Å². The molecule has 2 rings (SSSR count). The van der Waals surface area contributed by atoms with Crippen molar-refractivity contribution in [2.24, 2.45) is 5.92 Å². The molecular weight excluding hydrogens is 376 g/mol. The van der Waals surface area contributed by atoms with Crippen LogP contribution in [0.2, 0.25) is 0 Å². The van der Waals surface area contributed by atoms with Gasteiger partial charge in [0.25, 0.3) is 0 Å². The molecule has 30 heavy (non-hydrogen) atoms. The Morgan fingerprint density at radius 2 is 1.43 bits per heavy atom. The summed E-state index contributed by atoms with van der Waals surface area (Å²) in [6.07, 6.45) is 7.15. The number of unbranched alkanes of at least 4 members (excludes halogenated alkanes) is 2. The second kappa shape index (κ2) is 12.9. The second-order valence-electron chi connectivity index (χ2n) is 7.93. The SMILES string of the molecule is CC[C@H](C)CCCCCOc1ccc(OC(=O)c2ccc(O[C@H](C)CC)cc2)cc1. The molecule has 0 aliphatic heterocycles. The van der Waals surface area contributed by atoms with Gasteiger partial charge in [-0.25, -0.2) is 4.79 Å². The van der Waals surface area contributed by atoms with Crippen molar-refractivity contribution in [3.05, 3.63) is 54.1 Å². The van der Waals surface area contributed by atoms with Gasteiger partial charge >= 0.3 is 5.97 Å². The van der Waals surface area contributed by atoms with Crippen LogP contribution < -0.4 is 14.2 Å². The summed E-state index contributed by atoms with van der Waals surface area (Å²) in [5.74, 6) is 2.48. The Morgan fingerprint density at radius 3 is 2.07 bits per heavy atom. The van der Waals surface area contributed by atoms with Gasteiger partial charge in [0.05, 0.1) is 18.3 Å². The topological polar surface area (TPSA) is 44.8 Å². The van der Waals surface area contributed by atoms with Crippen LogP contribution in [0, 0.1) is 5.92 Å². The molecule has 164 valence electrons. The summed E-state index contributed by atoms with van der Waals surface area (Å²) in [5, 5.41) is 0. The van der Waals surface area contributed by atoms with E-state index in [4.69, 9.17) is 14.2 Å². The van der Waals surface area contributed by atoms with Gasteiger partial charge < -0.3 is 14.2 Å². The highest BCUT2D eigenvalue weighted by atomic mass is 16.5. The van der Waals surface area contributed by atoms with Gasteiger partial charge in [-0.05, 0) is 74.2 Å². The number of carbonyl (C=O) groups is 1. The number of hydrogen-bond acceptors (Lipinski definition) is 4. The molecule has 0 aliphatic rings. The fourth-order valence-electron chi connectivity index (χ4n) is 2.92. The molecule has 4 heteroatoms. The Kier molecular flexibility index (Phi) is 10.3. The lowest BCUT2D eigenvalue weighted by Crippen LogP contribution is -2.11. The summed E-state index contributed by atoms with van der Waals surface area (Å²) < 4.78 is 17.0. The molecule has 2 atom stereocenters. The van der Waals surface area contributed by atoms with Crippen LogP contribution >= 0.6 is 0 Å².